The lowest BCUT2D eigenvalue weighted by atomic mass is 9.96. The Labute approximate surface area is 364 Å². The summed E-state index contributed by atoms with van der Waals surface area (Å²) in [4.78, 5) is 123. The van der Waals surface area contributed by atoms with Crippen LogP contribution in [0.3, 0.4) is 0 Å². The lowest BCUT2D eigenvalue weighted by molar-refractivity contribution is -0.362. The monoisotopic (exact) mass is 924 g/mol. The van der Waals surface area contributed by atoms with Crippen molar-refractivity contribution in [3.8, 4) is 0 Å². The number of esters is 10. The molecule has 1 N–H and O–H groups in total. The highest BCUT2D eigenvalue weighted by atomic mass is 16.8. The van der Waals surface area contributed by atoms with Crippen LogP contribution in [0, 0.1) is 0 Å². The lowest BCUT2D eigenvalue weighted by Crippen LogP contribution is -2.67. The molecule has 3 aliphatic rings. The average molecular weight is 925 g/mol. The third-order valence-corrected chi connectivity index (χ3v) is 8.82. The fraction of sp³-hybridized carbons (Fsp3) is 0.737. The van der Waals surface area contributed by atoms with Gasteiger partial charge in [-0.15, -0.1) is 0 Å². The molecule has 64 heavy (non-hydrogen) atoms. The number of hydrogen-bond acceptors (Lipinski definition) is 26. The number of ether oxygens (including phenoxy) is 15. The minimum atomic E-state index is -1.95. The van der Waals surface area contributed by atoms with E-state index < -0.39 is 172 Å². The lowest BCUT2D eigenvalue weighted by Gasteiger charge is -2.48. The molecule has 15 atom stereocenters. The fourth-order valence-corrected chi connectivity index (χ4v) is 6.81. The van der Waals surface area contributed by atoms with Crippen LogP contribution >= 0.6 is 0 Å². The molecule has 26 heteroatoms. The summed E-state index contributed by atoms with van der Waals surface area (Å²) in [5, 5.41) is 10.6. The molecule has 0 aliphatic carbocycles. The molecule has 3 saturated heterocycles. The number of carbonyl (C=O) groups excluding carboxylic acids is 10. The SMILES string of the molecule is CC(=O)OCC1O[C@H](O[C@@H]2C(COC(C)=O)O[C@@H](OCC(OC(C)=O)[C@@H]3O[C@@H](O)C(OC(C)=O)C3OC(C)=O)C(OC(C)=O)C2OC(C)=O)C(OC(C)=O)C(OC(C)=O)[C@@H]1OC(C)=O. The van der Waals surface area contributed by atoms with Crippen LogP contribution in [0.5, 0.6) is 0 Å². The first kappa shape index (κ1) is 52.8. The van der Waals surface area contributed by atoms with Gasteiger partial charge in [-0.05, 0) is 0 Å². The number of rotatable bonds is 18. The Morgan fingerprint density at radius 1 is 0.422 bits per heavy atom. The zero-order valence-electron chi connectivity index (χ0n) is 36.4. The van der Waals surface area contributed by atoms with E-state index in [1.165, 1.54) is 0 Å². The van der Waals surface area contributed by atoms with Gasteiger partial charge in [0.15, 0.2) is 67.7 Å². The molecule has 0 amide bonds. The molecule has 9 unspecified atom stereocenters. The summed E-state index contributed by atoms with van der Waals surface area (Å²) >= 11 is 0. The van der Waals surface area contributed by atoms with E-state index in [1.807, 2.05) is 0 Å². The van der Waals surface area contributed by atoms with Gasteiger partial charge >= 0.3 is 59.7 Å². The number of aliphatic hydroxyl groups excluding tert-OH is 1. The summed E-state index contributed by atoms with van der Waals surface area (Å²) in [5.74, 6) is -9.42. The third-order valence-electron chi connectivity index (χ3n) is 8.82. The van der Waals surface area contributed by atoms with Crippen LogP contribution in [0.2, 0.25) is 0 Å². The Kier molecular flexibility index (Phi) is 19.8. The summed E-state index contributed by atoms with van der Waals surface area (Å²) in [6, 6.07) is 0. The van der Waals surface area contributed by atoms with Crippen LogP contribution in [0.1, 0.15) is 69.2 Å². The molecular weight excluding hydrogens is 872 g/mol. The smallest absolute Gasteiger partial charge is 0.303 e. The Bertz CT molecular complexity index is 1730. The van der Waals surface area contributed by atoms with Gasteiger partial charge < -0.3 is 76.2 Å². The van der Waals surface area contributed by atoms with E-state index >= 15 is 0 Å². The van der Waals surface area contributed by atoms with Gasteiger partial charge in [-0.2, -0.15) is 0 Å². The number of carbonyl (C=O) groups is 10. The topological polar surface area (TPSA) is 329 Å². The van der Waals surface area contributed by atoms with E-state index in [2.05, 4.69) is 0 Å². The van der Waals surface area contributed by atoms with E-state index in [1.54, 1.807) is 0 Å². The Morgan fingerprint density at radius 3 is 1.25 bits per heavy atom. The summed E-state index contributed by atoms with van der Waals surface area (Å²) in [6.45, 7) is 7.70. The first-order valence-corrected chi connectivity index (χ1v) is 19.4. The fourth-order valence-electron chi connectivity index (χ4n) is 6.81. The van der Waals surface area contributed by atoms with Gasteiger partial charge in [0.1, 0.15) is 37.6 Å². The first-order chi connectivity index (χ1) is 29.9. The highest BCUT2D eigenvalue weighted by Gasteiger charge is 2.58. The molecular formula is C38H52O26. The molecule has 3 heterocycles. The summed E-state index contributed by atoms with van der Waals surface area (Å²) in [6.07, 6.45) is -26.1. The second kappa shape index (κ2) is 23.9. The summed E-state index contributed by atoms with van der Waals surface area (Å²) in [7, 11) is 0. The van der Waals surface area contributed by atoms with E-state index in [0.29, 0.717) is 0 Å². The standard InChI is InChI=1S/C38H52O26/c1-14(39)50-11-25-27(54-17(4)42)31(56-19(6)44)35(60-23(10)48)38(62-25)64-29-26(12-51-15(2)40)61-37(34(59-22(9)47)32(29)57-20(7)45)52-13-24(53-16(3)41)28-30(55-18(5)43)33(36(49)63-28)58-21(8)46/h24-38,49H,11-13H2,1-10H3/t24?,25?,26?,27-,28+,29-,30?,31?,32?,33?,34?,35?,36-,37-,38-/m1/s1. The molecule has 0 aromatic heterocycles. The third kappa shape index (κ3) is 15.6. The van der Waals surface area contributed by atoms with Crippen molar-refractivity contribution in [2.45, 2.75) is 161 Å². The Hall–Kier alpha value is -5.54. The van der Waals surface area contributed by atoms with Crippen molar-refractivity contribution in [1.82, 2.24) is 0 Å². The molecule has 0 bridgehead atoms. The number of hydrogen-bond donors (Lipinski definition) is 1. The molecule has 26 nitrogen and oxygen atoms in total. The normalized spacial score (nSPS) is 31.4. The maximum atomic E-state index is 12.8. The minimum absolute atomic E-state index is 0.666. The maximum absolute atomic E-state index is 12.8. The van der Waals surface area contributed by atoms with Crippen molar-refractivity contribution >= 4 is 59.7 Å². The molecule has 3 fully saturated rings. The minimum Gasteiger partial charge on any atom is -0.463 e. The zero-order chi connectivity index (χ0) is 48.2. The van der Waals surface area contributed by atoms with Crippen LogP contribution < -0.4 is 0 Å². The van der Waals surface area contributed by atoms with E-state index in [4.69, 9.17) is 71.1 Å². The van der Waals surface area contributed by atoms with Crippen LogP contribution in [0.25, 0.3) is 0 Å². The van der Waals surface area contributed by atoms with E-state index in [-0.39, 0.29) is 0 Å². The summed E-state index contributed by atoms with van der Waals surface area (Å²) < 4.78 is 83.7. The predicted molar refractivity (Wildman–Crippen MR) is 197 cm³/mol. The van der Waals surface area contributed by atoms with Gasteiger partial charge in [-0.1, -0.05) is 0 Å². The average Bonchev–Trinajstić information content (AvgIpc) is 3.44. The molecule has 0 aromatic rings. The molecule has 360 valence electrons. The number of aliphatic hydroxyl groups is 1. The predicted octanol–water partition coefficient (Wildman–Crippen LogP) is -1.86. The van der Waals surface area contributed by atoms with Gasteiger partial charge in [0, 0.05) is 69.2 Å². The van der Waals surface area contributed by atoms with Gasteiger partial charge in [0.05, 0.1) is 6.61 Å². The van der Waals surface area contributed by atoms with Crippen molar-refractivity contribution in [3.63, 3.8) is 0 Å². The van der Waals surface area contributed by atoms with Crippen molar-refractivity contribution in [2.75, 3.05) is 19.8 Å². The van der Waals surface area contributed by atoms with Crippen LogP contribution in [-0.4, -0.2) is 177 Å². The Balaban J connectivity index is 2.17. The van der Waals surface area contributed by atoms with Crippen molar-refractivity contribution < 1.29 is 124 Å². The highest BCUT2D eigenvalue weighted by Crippen LogP contribution is 2.36. The quantitative estimate of drug-likeness (QED) is 0.116. The molecule has 0 aromatic carbocycles. The molecule has 3 rings (SSSR count). The zero-order valence-corrected chi connectivity index (χ0v) is 36.4. The second-order valence-corrected chi connectivity index (χ2v) is 14.3. The van der Waals surface area contributed by atoms with E-state index in [0.717, 1.165) is 69.2 Å². The van der Waals surface area contributed by atoms with Gasteiger partial charge in [0.2, 0.25) is 0 Å². The first-order valence-electron chi connectivity index (χ1n) is 19.4. The highest BCUT2D eigenvalue weighted by molar-refractivity contribution is 5.70. The second-order valence-electron chi connectivity index (χ2n) is 14.3. The largest absolute Gasteiger partial charge is 0.463 e. The van der Waals surface area contributed by atoms with Crippen LogP contribution in [-0.2, 0) is 119 Å². The van der Waals surface area contributed by atoms with Crippen LogP contribution in [0.15, 0.2) is 0 Å². The molecule has 3 aliphatic heterocycles. The van der Waals surface area contributed by atoms with Gasteiger partial charge in [-0.3, -0.25) is 47.9 Å². The van der Waals surface area contributed by atoms with Gasteiger partial charge in [0.25, 0.3) is 0 Å². The maximum Gasteiger partial charge on any atom is 0.303 e. The van der Waals surface area contributed by atoms with Gasteiger partial charge in [-0.25, -0.2) is 0 Å². The molecule has 0 radical (unpaired) electrons. The van der Waals surface area contributed by atoms with Crippen molar-refractivity contribution in [3.05, 3.63) is 0 Å². The molecule has 0 saturated carbocycles. The van der Waals surface area contributed by atoms with Crippen molar-refractivity contribution in [1.29, 1.82) is 0 Å². The Morgan fingerprint density at radius 2 is 0.797 bits per heavy atom. The summed E-state index contributed by atoms with van der Waals surface area (Å²) in [5.41, 5.74) is 0. The van der Waals surface area contributed by atoms with Crippen LogP contribution in [0.4, 0.5) is 0 Å². The van der Waals surface area contributed by atoms with E-state index in [9.17, 15) is 53.1 Å². The molecule has 0 spiro atoms. The van der Waals surface area contributed by atoms with Crippen molar-refractivity contribution in [2.24, 2.45) is 0 Å².